The molecule has 0 atom stereocenters. The third kappa shape index (κ3) is 5.48. The van der Waals surface area contributed by atoms with Gasteiger partial charge in [0.25, 0.3) is 0 Å². The number of nitrogens with one attached hydrogen (secondary N) is 1. The van der Waals surface area contributed by atoms with Crippen LogP contribution in [0.15, 0.2) is 24.3 Å². The maximum atomic E-state index is 11.8. The van der Waals surface area contributed by atoms with Crippen molar-refractivity contribution in [2.45, 2.75) is 44.6 Å². The molecular formula is C17H23NO4. The molecule has 0 aliphatic heterocycles. The van der Waals surface area contributed by atoms with Crippen molar-refractivity contribution in [2.75, 3.05) is 13.2 Å². The Balaban J connectivity index is 1.63. The molecule has 5 heteroatoms. The van der Waals surface area contributed by atoms with E-state index in [1.807, 2.05) is 0 Å². The van der Waals surface area contributed by atoms with Crippen LogP contribution in [0.3, 0.4) is 0 Å². The van der Waals surface area contributed by atoms with Gasteiger partial charge in [0.2, 0.25) is 5.91 Å². The second-order valence-electron chi connectivity index (χ2n) is 5.66. The number of amides is 1. The second kappa shape index (κ2) is 8.54. The molecule has 0 saturated heterocycles. The summed E-state index contributed by atoms with van der Waals surface area (Å²) in [5, 5.41) is 11.6. The Labute approximate surface area is 130 Å². The van der Waals surface area contributed by atoms with Crippen molar-refractivity contribution in [3.05, 3.63) is 35.4 Å². The summed E-state index contributed by atoms with van der Waals surface area (Å²) in [5.74, 6) is -1.04. The fourth-order valence-corrected chi connectivity index (χ4v) is 2.66. The van der Waals surface area contributed by atoms with E-state index in [1.54, 1.807) is 12.1 Å². The number of ether oxygens (including phenoxy) is 1. The molecule has 0 radical (unpaired) electrons. The standard InChI is InChI=1S/C17H23NO4/c19-16(12-13-6-8-14(9-7-13)17(20)21)18-10-11-22-15-4-2-1-3-5-15/h6-9,15H,1-5,10-12H2,(H,18,19)(H,20,21). The van der Waals surface area contributed by atoms with Crippen LogP contribution in [0.2, 0.25) is 0 Å². The van der Waals surface area contributed by atoms with E-state index >= 15 is 0 Å². The number of carbonyl (C=O) groups is 2. The monoisotopic (exact) mass is 305 g/mol. The summed E-state index contributed by atoms with van der Waals surface area (Å²) in [4.78, 5) is 22.5. The SMILES string of the molecule is O=C(Cc1ccc(C(=O)O)cc1)NCCOC1CCCCC1. The number of aromatic carboxylic acids is 1. The molecule has 1 amide bonds. The Morgan fingerprint density at radius 3 is 2.45 bits per heavy atom. The Bertz CT molecular complexity index is 492. The van der Waals surface area contributed by atoms with Gasteiger partial charge in [-0.1, -0.05) is 31.4 Å². The number of carbonyl (C=O) groups excluding carboxylic acids is 1. The van der Waals surface area contributed by atoms with Crippen molar-refractivity contribution in [1.29, 1.82) is 0 Å². The van der Waals surface area contributed by atoms with Gasteiger partial charge < -0.3 is 15.2 Å². The number of benzene rings is 1. The first-order chi connectivity index (χ1) is 10.6. The topological polar surface area (TPSA) is 75.6 Å². The largest absolute Gasteiger partial charge is 0.478 e. The van der Waals surface area contributed by atoms with Crippen molar-refractivity contribution in [3.8, 4) is 0 Å². The van der Waals surface area contributed by atoms with Crippen molar-refractivity contribution in [2.24, 2.45) is 0 Å². The van der Waals surface area contributed by atoms with E-state index in [2.05, 4.69) is 5.32 Å². The third-order valence-electron chi connectivity index (χ3n) is 3.90. The molecule has 1 aliphatic carbocycles. The van der Waals surface area contributed by atoms with Crippen molar-refractivity contribution < 1.29 is 19.4 Å². The van der Waals surface area contributed by atoms with E-state index in [4.69, 9.17) is 9.84 Å². The summed E-state index contributed by atoms with van der Waals surface area (Å²) < 4.78 is 5.75. The van der Waals surface area contributed by atoms with Crippen LogP contribution in [-0.4, -0.2) is 36.2 Å². The minimum absolute atomic E-state index is 0.0738. The van der Waals surface area contributed by atoms with E-state index in [0.717, 1.165) is 18.4 Å². The molecule has 1 aromatic carbocycles. The third-order valence-corrected chi connectivity index (χ3v) is 3.90. The zero-order valence-electron chi connectivity index (χ0n) is 12.7. The van der Waals surface area contributed by atoms with Gasteiger partial charge in [-0.15, -0.1) is 0 Å². The van der Waals surface area contributed by atoms with Crippen LogP contribution in [0.25, 0.3) is 0 Å². The average molecular weight is 305 g/mol. The molecule has 22 heavy (non-hydrogen) atoms. The van der Waals surface area contributed by atoms with Gasteiger partial charge in [0.1, 0.15) is 0 Å². The summed E-state index contributed by atoms with van der Waals surface area (Å²) in [6.07, 6.45) is 6.65. The average Bonchev–Trinajstić information content (AvgIpc) is 2.53. The summed E-state index contributed by atoms with van der Waals surface area (Å²) in [7, 11) is 0. The smallest absolute Gasteiger partial charge is 0.335 e. The molecule has 2 rings (SSSR count). The molecule has 0 spiro atoms. The Morgan fingerprint density at radius 1 is 1.14 bits per heavy atom. The van der Waals surface area contributed by atoms with Crippen LogP contribution in [0, 0.1) is 0 Å². The zero-order valence-corrected chi connectivity index (χ0v) is 12.7. The Morgan fingerprint density at radius 2 is 1.82 bits per heavy atom. The normalized spacial score (nSPS) is 15.5. The maximum Gasteiger partial charge on any atom is 0.335 e. The van der Waals surface area contributed by atoms with Gasteiger partial charge in [-0.25, -0.2) is 4.79 Å². The first-order valence-corrected chi connectivity index (χ1v) is 7.85. The lowest BCUT2D eigenvalue weighted by atomic mass is 9.98. The molecule has 0 aromatic heterocycles. The van der Waals surface area contributed by atoms with Crippen molar-refractivity contribution >= 4 is 11.9 Å². The lowest BCUT2D eigenvalue weighted by molar-refractivity contribution is -0.120. The lowest BCUT2D eigenvalue weighted by Gasteiger charge is -2.22. The molecule has 2 N–H and O–H groups in total. The van der Waals surface area contributed by atoms with Crippen molar-refractivity contribution in [3.63, 3.8) is 0 Å². The van der Waals surface area contributed by atoms with Crippen molar-refractivity contribution in [1.82, 2.24) is 5.32 Å². The summed E-state index contributed by atoms with van der Waals surface area (Å²) in [6, 6.07) is 6.36. The van der Waals surface area contributed by atoms with Crippen LogP contribution in [0.1, 0.15) is 48.0 Å². The molecular weight excluding hydrogens is 282 g/mol. The molecule has 0 bridgehead atoms. The zero-order chi connectivity index (χ0) is 15.8. The maximum absolute atomic E-state index is 11.8. The molecule has 1 saturated carbocycles. The first-order valence-electron chi connectivity index (χ1n) is 7.85. The molecule has 0 heterocycles. The van der Waals surface area contributed by atoms with Gasteiger partial charge in [0.05, 0.1) is 24.7 Å². The van der Waals surface area contributed by atoms with E-state index in [9.17, 15) is 9.59 Å². The number of carboxylic acid groups (broad SMARTS) is 1. The predicted molar refractivity (Wildman–Crippen MR) is 82.9 cm³/mol. The van der Waals surface area contributed by atoms with Gasteiger partial charge in [-0.05, 0) is 30.5 Å². The molecule has 5 nitrogen and oxygen atoms in total. The first kappa shape index (κ1) is 16.5. The summed E-state index contributed by atoms with van der Waals surface area (Å²) in [6.45, 7) is 1.07. The van der Waals surface area contributed by atoms with E-state index in [-0.39, 0.29) is 17.9 Å². The summed E-state index contributed by atoms with van der Waals surface area (Å²) >= 11 is 0. The molecule has 120 valence electrons. The molecule has 0 unspecified atom stereocenters. The Hall–Kier alpha value is -1.88. The number of rotatable bonds is 7. The Kier molecular flexibility index (Phi) is 6.40. The fraction of sp³-hybridized carbons (Fsp3) is 0.529. The van der Waals surface area contributed by atoms with Gasteiger partial charge >= 0.3 is 5.97 Å². The van der Waals surface area contributed by atoms with Gasteiger partial charge in [-0.2, -0.15) is 0 Å². The van der Waals surface area contributed by atoms with E-state index < -0.39 is 5.97 Å². The predicted octanol–water partition coefficient (Wildman–Crippen LogP) is 2.39. The quantitative estimate of drug-likeness (QED) is 0.758. The van der Waals surface area contributed by atoms with Crippen LogP contribution >= 0.6 is 0 Å². The van der Waals surface area contributed by atoms with Crippen LogP contribution < -0.4 is 5.32 Å². The highest BCUT2D eigenvalue weighted by atomic mass is 16.5. The highest BCUT2D eigenvalue weighted by Gasteiger charge is 2.13. The number of hydrogen-bond donors (Lipinski definition) is 2. The summed E-state index contributed by atoms with van der Waals surface area (Å²) in [5.41, 5.74) is 1.03. The lowest BCUT2D eigenvalue weighted by Crippen LogP contribution is -2.30. The minimum Gasteiger partial charge on any atom is -0.478 e. The van der Waals surface area contributed by atoms with Gasteiger partial charge in [0.15, 0.2) is 0 Å². The second-order valence-corrected chi connectivity index (χ2v) is 5.66. The van der Waals surface area contributed by atoms with Crippen LogP contribution in [0.5, 0.6) is 0 Å². The van der Waals surface area contributed by atoms with Gasteiger partial charge in [-0.3, -0.25) is 4.79 Å². The van der Waals surface area contributed by atoms with Gasteiger partial charge in [0, 0.05) is 6.54 Å². The minimum atomic E-state index is -0.962. The number of carboxylic acids is 1. The molecule has 1 fully saturated rings. The fourth-order valence-electron chi connectivity index (χ4n) is 2.66. The van der Waals surface area contributed by atoms with Crippen LogP contribution in [0.4, 0.5) is 0 Å². The molecule has 1 aliphatic rings. The molecule has 1 aromatic rings. The van der Waals surface area contributed by atoms with E-state index in [1.165, 1.54) is 31.4 Å². The van der Waals surface area contributed by atoms with Crippen LogP contribution in [-0.2, 0) is 16.0 Å². The highest BCUT2D eigenvalue weighted by Crippen LogP contribution is 2.19. The number of hydrogen-bond acceptors (Lipinski definition) is 3. The van der Waals surface area contributed by atoms with E-state index in [0.29, 0.717) is 19.3 Å². The highest BCUT2D eigenvalue weighted by molar-refractivity contribution is 5.87.